The van der Waals surface area contributed by atoms with Crippen molar-refractivity contribution < 1.29 is 18.8 Å². The van der Waals surface area contributed by atoms with Crippen LogP contribution in [0, 0.1) is 5.92 Å². The summed E-state index contributed by atoms with van der Waals surface area (Å²) in [6, 6.07) is 0. The third-order valence-electron chi connectivity index (χ3n) is 5.00. The van der Waals surface area contributed by atoms with E-state index in [0.717, 1.165) is 0 Å². The van der Waals surface area contributed by atoms with Crippen LogP contribution in [0.1, 0.15) is 20.8 Å². The SMILES string of the molecule is C=CCOC(=O)C1=C(CCl)S[C@@H]2[C@@H](CO[Si](C)(C)C(C)(C)C)C(=O)N12. The van der Waals surface area contributed by atoms with E-state index in [1.807, 2.05) is 0 Å². The van der Waals surface area contributed by atoms with Crippen molar-refractivity contribution in [1.82, 2.24) is 4.90 Å². The van der Waals surface area contributed by atoms with E-state index in [9.17, 15) is 9.59 Å². The lowest BCUT2D eigenvalue weighted by molar-refractivity contribution is -0.154. The van der Waals surface area contributed by atoms with E-state index in [0.29, 0.717) is 11.5 Å². The quantitative estimate of drug-likeness (QED) is 0.213. The predicted octanol–water partition coefficient (Wildman–Crippen LogP) is 3.72. The summed E-state index contributed by atoms with van der Waals surface area (Å²) in [6.45, 7) is 14.8. The number of allylic oxidation sites excluding steroid dienone is 1. The highest BCUT2D eigenvalue weighted by Gasteiger charge is 2.56. The summed E-state index contributed by atoms with van der Waals surface area (Å²) in [5.41, 5.74) is 0.278. The van der Waals surface area contributed by atoms with Crippen LogP contribution in [-0.2, 0) is 18.8 Å². The van der Waals surface area contributed by atoms with Gasteiger partial charge >= 0.3 is 5.97 Å². The third-order valence-corrected chi connectivity index (χ3v) is 11.3. The summed E-state index contributed by atoms with van der Waals surface area (Å²) in [4.78, 5) is 27.0. The van der Waals surface area contributed by atoms with E-state index in [2.05, 4.69) is 40.4 Å². The van der Waals surface area contributed by atoms with Crippen molar-refractivity contribution in [3.63, 3.8) is 0 Å². The molecule has 0 spiro atoms. The molecule has 1 fully saturated rings. The zero-order chi connectivity index (χ0) is 19.0. The number of ether oxygens (including phenoxy) is 1. The van der Waals surface area contributed by atoms with Gasteiger partial charge in [0.25, 0.3) is 0 Å². The lowest BCUT2D eigenvalue weighted by atomic mass is 9.98. The maximum atomic E-state index is 12.6. The maximum Gasteiger partial charge on any atom is 0.356 e. The monoisotopic (exact) mass is 403 g/mol. The van der Waals surface area contributed by atoms with Crippen LogP contribution < -0.4 is 0 Å². The molecule has 2 rings (SSSR count). The van der Waals surface area contributed by atoms with E-state index < -0.39 is 14.3 Å². The molecule has 0 aromatic rings. The fourth-order valence-corrected chi connectivity index (χ4v) is 5.08. The molecule has 1 saturated heterocycles. The van der Waals surface area contributed by atoms with Gasteiger partial charge < -0.3 is 9.16 Å². The van der Waals surface area contributed by atoms with Crippen LogP contribution in [0.2, 0.25) is 18.1 Å². The number of esters is 1. The Morgan fingerprint density at radius 3 is 2.60 bits per heavy atom. The highest BCUT2D eigenvalue weighted by molar-refractivity contribution is 8.04. The standard InChI is InChI=1S/C17H26ClNO4SSi/c1-7-8-22-16(21)13-12(9-18)24-15-11(14(20)19(13)15)10-23-25(5,6)17(2,3)4/h7,11,15H,1,8-10H2,2-6H3/t11-,15+/m0/s1. The molecule has 0 unspecified atom stereocenters. The molecular weight excluding hydrogens is 378 g/mol. The van der Waals surface area contributed by atoms with E-state index in [1.54, 1.807) is 0 Å². The van der Waals surface area contributed by atoms with Crippen LogP contribution in [0.4, 0.5) is 0 Å². The first kappa shape index (κ1) is 20.5. The van der Waals surface area contributed by atoms with Gasteiger partial charge in [0.2, 0.25) is 5.91 Å². The summed E-state index contributed by atoms with van der Waals surface area (Å²) >= 11 is 7.44. The van der Waals surface area contributed by atoms with Gasteiger partial charge in [-0.05, 0) is 18.1 Å². The number of thioether (sulfide) groups is 1. The van der Waals surface area contributed by atoms with Gasteiger partial charge in [-0.2, -0.15) is 0 Å². The first-order valence-electron chi connectivity index (χ1n) is 8.26. The normalized spacial score (nSPS) is 23.4. The molecule has 5 nitrogen and oxygen atoms in total. The first-order valence-corrected chi connectivity index (χ1v) is 12.6. The van der Waals surface area contributed by atoms with E-state index in [-0.39, 0.29) is 40.4 Å². The van der Waals surface area contributed by atoms with Crippen molar-refractivity contribution in [2.75, 3.05) is 19.1 Å². The van der Waals surface area contributed by atoms with Gasteiger partial charge in [0.05, 0.1) is 11.8 Å². The molecule has 0 N–H and O–H groups in total. The number of hydrogen-bond acceptors (Lipinski definition) is 5. The van der Waals surface area contributed by atoms with Crippen LogP contribution in [0.5, 0.6) is 0 Å². The Hall–Kier alpha value is -0.763. The van der Waals surface area contributed by atoms with Crippen molar-refractivity contribution in [1.29, 1.82) is 0 Å². The molecular formula is C17H26ClNO4SSi. The second-order valence-electron chi connectivity index (χ2n) is 7.69. The summed E-state index contributed by atoms with van der Waals surface area (Å²) < 4.78 is 11.3. The Balaban J connectivity index is 2.06. The Kier molecular flexibility index (Phi) is 6.13. The molecule has 0 saturated carbocycles. The number of hydrogen-bond donors (Lipinski definition) is 0. The predicted molar refractivity (Wildman–Crippen MR) is 104 cm³/mol. The zero-order valence-corrected chi connectivity index (χ0v) is 18.0. The number of halogens is 1. The van der Waals surface area contributed by atoms with E-state index in [4.69, 9.17) is 20.8 Å². The van der Waals surface area contributed by atoms with Gasteiger partial charge in [0, 0.05) is 11.5 Å². The summed E-state index contributed by atoms with van der Waals surface area (Å²) in [5.74, 6) is -0.689. The van der Waals surface area contributed by atoms with Crippen molar-refractivity contribution >= 4 is 43.6 Å². The summed E-state index contributed by atoms with van der Waals surface area (Å²) in [6.07, 6.45) is 1.49. The Bertz CT molecular complexity index is 614. The van der Waals surface area contributed by atoms with Crippen LogP contribution in [0.25, 0.3) is 0 Å². The van der Waals surface area contributed by atoms with Gasteiger partial charge in [-0.3, -0.25) is 9.69 Å². The number of fused-ring (bicyclic) bond motifs is 1. The highest BCUT2D eigenvalue weighted by atomic mass is 35.5. The highest BCUT2D eigenvalue weighted by Crippen LogP contribution is 2.50. The van der Waals surface area contributed by atoms with Crippen molar-refractivity contribution in [3.8, 4) is 0 Å². The number of nitrogens with zero attached hydrogens (tertiary/aromatic N) is 1. The van der Waals surface area contributed by atoms with Crippen LogP contribution >= 0.6 is 23.4 Å². The van der Waals surface area contributed by atoms with Gasteiger partial charge in [-0.25, -0.2) is 4.79 Å². The van der Waals surface area contributed by atoms with Crippen molar-refractivity contribution in [2.24, 2.45) is 5.92 Å². The van der Waals surface area contributed by atoms with Crippen LogP contribution in [-0.4, -0.2) is 49.6 Å². The summed E-state index contributed by atoms with van der Waals surface area (Å²) in [5, 5.41) is -0.0427. The van der Waals surface area contributed by atoms with Gasteiger partial charge in [-0.15, -0.1) is 23.4 Å². The van der Waals surface area contributed by atoms with E-state index in [1.165, 1.54) is 22.7 Å². The average Bonchev–Trinajstić information content (AvgIpc) is 2.86. The van der Waals surface area contributed by atoms with Gasteiger partial charge in [0.15, 0.2) is 8.32 Å². The Morgan fingerprint density at radius 1 is 1.44 bits per heavy atom. The molecule has 2 aliphatic rings. The topological polar surface area (TPSA) is 55.8 Å². The molecule has 2 aliphatic heterocycles. The van der Waals surface area contributed by atoms with Crippen molar-refractivity contribution in [3.05, 3.63) is 23.3 Å². The van der Waals surface area contributed by atoms with E-state index >= 15 is 0 Å². The fraction of sp³-hybridized carbons (Fsp3) is 0.647. The second-order valence-corrected chi connectivity index (χ2v) is 14.0. The van der Waals surface area contributed by atoms with Crippen LogP contribution in [0.3, 0.4) is 0 Å². The number of alkyl halides is 1. The number of carbonyl (C=O) groups excluding carboxylic acids is 2. The fourth-order valence-electron chi connectivity index (χ4n) is 2.41. The minimum Gasteiger partial charge on any atom is -0.457 e. The largest absolute Gasteiger partial charge is 0.457 e. The molecule has 8 heteroatoms. The minimum atomic E-state index is -1.93. The molecule has 2 atom stereocenters. The molecule has 0 bridgehead atoms. The van der Waals surface area contributed by atoms with Gasteiger partial charge in [0.1, 0.15) is 17.7 Å². The third kappa shape index (κ3) is 3.84. The molecule has 0 aliphatic carbocycles. The number of carbonyl (C=O) groups is 2. The molecule has 0 aromatic heterocycles. The lowest BCUT2D eigenvalue weighted by Gasteiger charge is -2.44. The van der Waals surface area contributed by atoms with Crippen molar-refractivity contribution in [2.45, 2.75) is 44.3 Å². The number of β-lactam (4-membered cyclic amide) rings is 1. The molecule has 1 amide bonds. The number of rotatable bonds is 7. The Morgan fingerprint density at radius 2 is 2.08 bits per heavy atom. The average molecular weight is 404 g/mol. The minimum absolute atomic E-state index is 0.0848. The molecule has 140 valence electrons. The molecule has 25 heavy (non-hydrogen) atoms. The summed E-state index contributed by atoms with van der Waals surface area (Å²) in [7, 11) is -1.93. The Labute approximate surface area is 159 Å². The van der Waals surface area contributed by atoms with Gasteiger partial charge in [-0.1, -0.05) is 33.4 Å². The second kappa shape index (κ2) is 7.46. The molecule has 2 heterocycles. The molecule has 0 radical (unpaired) electrons. The van der Waals surface area contributed by atoms with Crippen LogP contribution in [0.15, 0.2) is 23.3 Å². The number of amides is 1. The lowest BCUT2D eigenvalue weighted by Crippen LogP contribution is -2.60. The zero-order valence-electron chi connectivity index (χ0n) is 15.4. The smallest absolute Gasteiger partial charge is 0.356 e. The maximum absolute atomic E-state index is 12.6. The first-order chi connectivity index (χ1) is 11.5. The molecule has 0 aromatic carbocycles.